The van der Waals surface area contributed by atoms with Gasteiger partial charge in [-0.15, -0.1) is 12.4 Å². The van der Waals surface area contributed by atoms with Crippen LogP contribution in [0.3, 0.4) is 0 Å². The normalized spacial score (nSPS) is 36.2. The van der Waals surface area contributed by atoms with Crippen LogP contribution in [0, 0.1) is 11.8 Å². The molecule has 0 aromatic rings. The van der Waals surface area contributed by atoms with Crippen molar-refractivity contribution < 1.29 is 9.53 Å². The molecule has 2 bridgehead atoms. The molecule has 4 nitrogen and oxygen atoms in total. The Hall–Kier alpha value is -0.320. The summed E-state index contributed by atoms with van der Waals surface area (Å²) in [5.74, 6) is 1.38. The molecular formula is C15H27ClN2O2. The zero-order valence-electron chi connectivity index (χ0n) is 12.1. The Bertz CT molecular complexity index is 309. The molecule has 0 aromatic heterocycles. The zero-order valence-corrected chi connectivity index (χ0v) is 12.9. The third-order valence-corrected chi connectivity index (χ3v) is 4.89. The molecule has 0 aliphatic carbocycles. The molecule has 3 fully saturated rings. The second-order valence-electron chi connectivity index (χ2n) is 6.57. The van der Waals surface area contributed by atoms with Crippen molar-refractivity contribution in [2.24, 2.45) is 11.8 Å². The lowest BCUT2D eigenvalue weighted by Crippen LogP contribution is -2.40. The van der Waals surface area contributed by atoms with E-state index in [1.54, 1.807) is 0 Å². The average Bonchev–Trinajstić information content (AvgIpc) is 2.77. The molecule has 3 aliphatic rings. The molecule has 3 unspecified atom stereocenters. The minimum Gasteiger partial charge on any atom is -0.381 e. The molecule has 0 saturated carbocycles. The van der Waals surface area contributed by atoms with Crippen LogP contribution in [0.2, 0.25) is 0 Å². The van der Waals surface area contributed by atoms with Gasteiger partial charge >= 0.3 is 0 Å². The maximum Gasteiger partial charge on any atom is 0.220 e. The Morgan fingerprint density at radius 2 is 1.90 bits per heavy atom. The largest absolute Gasteiger partial charge is 0.381 e. The van der Waals surface area contributed by atoms with Crippen LogP contribution in [0.15, 0.2) is 0 Å². The monoisotopic (exact) mass is 302 g/mol. The number of rotatable bonds is 4. The third-order valence-electron chi connectivity index (χ3n) is 4.89. The Kier molecular flexibility index (Phi) is 6.12. The molecule has 5 heteroatoms. The van der Waals surface area contributed by atoms with Crippen molar-refractivity contribution in [3.63, 3.8) is 0 Å². The Labute approximate surface area is 127 Å². The molecule has 2 N–H and O–H groups in total. The number of ether oxygens (including phenoxy) is 1. The smallest absolute Gasteiger partial charge is 0.220 e. The van der Waals surface area contributed by atoms with E-state index in [1.807, 2.05) is 0 Å². The number of hydrogen-bond donors (Lipinski definition) is 2. The lowest BCUT2D eigenvalue weighted by molar-refractivity contribution is -0.122. The van der Waals surface area contributed by atoms with E-state index in [0.717, 1.165) is 32.6 Å². The number of halogens is 1. The molecule has 0 radical (unpaired) electrons. The molecule has 3 atom stereocenters. The van der Waals surface area contributed by atoms with Crippen LogP contribution in [-0.4, -0.2) is 37.7 Å². The first-order chi connectivity index (χ1) is 9.29. The van der Waals surface area contributed by atoms with Crippen molar-refractivity contribution in [1.82, 2.24) is 10.6 Å². The highest BCUT2D eigenvalue weighted by atomic mass is 35.5. The van der Waals surface area contributed by atoms with Crippen molar-refractivity contribution in [2.75, 3.05) is 19.8 Å². The number of carbonyl (C=O) groups excluding carboxylic acids is 1. The molecule has 3 rings (SSSR count). The fraction of sp³-hybridized carbons (Fsp3) is 0.933. The van der Waals surface area contributed by atoms with Crippen LogP contribution < -0.4 is 10.6 Å². The predicted octanol–water partition coefficient (Wildman–Crippen LogP) is 1.87. The van der Waals surface area contributed by atoms with Gasteiger partial charge in [-0.25, -0.2) is 0 Å². The second-order valence-corrected chi connectivity index (χ2v) is 6.57. The topological polar surface area (TPSA) is 50.4 Å². The molecule has 0 spiro atoms. The van der Waals surface area contributed by atoms with E-state index in [9.17, 15) is 4.79 Å². The predicted molar refractivity (Wildman–Crippen MR) is 81.1 cm³/mol. The standard InChI is InChI=1S/C15H26N2O2.ClH/c18-15(16-9-11-2-1-5-19-10-11)8-12-6-13-3-4-14(7-12)17-13;/h11-14,17H,1-10H2,(H,16,18);1H. The second kappa shape index (κ2) is 7.62. The first kappa shape index (κ1) is 16.1. The van der Waals surface area contributed by atoms with E-state index in [2.05, 4.69) is 10.6 Å². The van der Waals surface area contributed by atoms with E-state index < -0.39 is 0 Å². The van der Waals surface area contributed by atoms with Gasteiger partial charge in [0, 0.05) is 31.7 Å². The Morgan fingerprint density at radius 1 is 1.15 bits per heavy atom. The van der Waals surface area contributed by atoms with Crippen LogP contribution in [0.1, 0.15) is 44.9 Å². The summed E-state index contributed by atoms with van der Waals surface area (Å²) in [5, 5.41) is 6.74. The molecule has 116 valence electrons. The lowest BCUT2D eigenvalue weighted by atomic mass is 9.89. The van der Waals surface area contributed by atoms with Gasteiger partial charge in [-0.2, -0.15) is 0 Å². The van der Waals surface area contributed by atoms with Gasteiger partial charge < -0.3 is 15.4 Å². The van der Waals surface area contributed by atoms with Gasteiger partial charge in [0.05, 0.1) is 6.61 Å². The van der Waals surface area contributed by atoms with Crippen molar-refractivity contribution in [1.29, 1.82) is 0 Å². The van der Waals surface area contributed by atoms with Gasteiger partial charge in [0.2, 0.25) is 5.91 Å². The van der Waals surface area contributed by atoms with Crippen molar-refractivity contribution in [3.8, 4) is 0 Å². The van der Waals surface area contributed by atoms with E-state index in [0.29, 0.717) is 23.9 Å². The Morgan fingerprint density at radius 3 is 2.55 bits per heavy atom. The first-order valence-corrected chi connectivity index (χ1v) is 7.90. The van der Waals surface area contributed by atoms with Gasteiger partial charge in [-0.3, -0.25) is 4.79 Å². The van der Waals surface area contributed by atoms with Crippen LogP contribution >= 0.6 is 12.4 Å². The Balaban J connectivity index is 0.00000147. The van der Waals surface area contributed by atoms with E-state index in [4.69, 9.17) is 4.74 Å². The maximum absolute atomic E-state index is 12.0. The van der Waals surface area contributed by atoms with Crippen molar-refractivity contribution >= 4 is 18.3 Å². The molecule has 0 aromatic carbocycles. The van der Waals surface area contributed by atoms with Crippen LogP contribution in [0.5, 0.6) is 0 Å². The summed E-state index contributed by atoms with van der Waals surface area (Å²) in [4.78, 5) is 12.0. The average molecular weight is 303 g/mol. The number of piperidine rings is 1. The van der Waals surface area contributed by atoms with Gasteiger partial charge in [-0.1, -0.05) is 0 Å². The zero-order chi connectivity index (χ0) is 13.1. The van der Waals surface area contributed by atoms with Crippen molar-refractivity contribution in [3.05, 3.63) is 0 Å². The highest BCUT2D eigenvalue weighted by molar-refractivity contribution is 5.85. The minimum atomic E-state index is 0. The lowest BCUT2D eigenvalue weighted by Gasteiger charge is -2.29. The minimum absolute atomic E-state index is 0. The maximum atomic E-state index is 12.0. The molecule has 3 aliphatic heterocycles. The van der Waals surface area contributed by atoms with E-state index in [-0.39, 0.29) is 18.3 Å². The summed E-state index contributed by atoms with van der Waals surface area (Å²) < 4.78 is 5.44. The number of amides is 1. The number of carbonyl (C=O) groups is 1. The van der Waals surface area contributed by atoms with Gasteiger partial charge in [0.15, 0.2) is 0 Å². The van der Waals surface area contributed by atoms with Crippen LogP contribution in [-0.2, 0) is 9.53 Å². The highest BCUT2D eigenvalue weighted by Crippen LogP contribution is 2.32. The fourth-order valence-electron chi connectivity index (χ4n) is 3.90. The molecule has 20 heavy (non-hydrogen) atoms. The molecular weight excluding hydrogens is 276 g/mol. The molecule has 3 heterocycles. The summed E-state index contributed by atoms with van der Waals surface area (Å²) in [6.45, 7) is 2.51. The summed E-state index contributed by atoms with van der Waals surface area (Å²) in [6, 6.07) is 1.37. The van der Waals surface area contributed by atoms with Gasteiger partial charge in [0.1, 0.15) is 0 Å². The van der Waals surface area contributed by atoms with Crippen LogP contribution in [0.4, 0.5) is 0 Å². The van der Waals surface area contributed by atoms with E-state index >= 15 is 0 Å². The van der Waals surface area contributed by atoms with Crippen molar-refractivity contribution in [2.45, 2.75) is 57.0 Å². The number of hydrogen-bond acceptors (Lipinski definition) is 3. The number of nitrogens with one attached hydrogen (secondary N) is 2. The SMILES string of the molecule is Cl.O=C(CC1CC2CCC(C1)N2)NCC1CCCOC1. The van der Waals surface area contributed by atoms with Crippen LogP contribution in [0.25, 0.3) is 0 Å². The quantitative estimate of drug-likeness (QED) is 0.833. The fourth-order valence-corrected chi connectivity index (χ4v) is 3.90. The molecule has 1 amide bonds. The summed E-state index contributed by atoms with van der Waals surface area (Å²) >= 11 is 0. The summed E-state index contributed by atoms with van der Waals surface area (Å²) in [7, 11) is 0. The third kappa shape index (κ3) is 4.34. The summed E-state index contributed by atoms with van der Waals surface area (Å²) in [5.41, 5.74) is 0. The number of fused-ring (bicyclic) bond motifs is 2. The van der Waals surface area contributed by atoms with Gasteiger partial charge in [0.25, 0.3) is 0 Å². The van der Waals surface area contributed by atoms with E-state index in [1.165, 1.54) is 32.1 Å². The first-order valence-electron chi connectivity index (χ1n) is 7.90. The highest BCUT2D eigenvalue weighted by Gasteiger charge is 2.34. The summed E-state index contributed by atoms with van der Waals surface area (Å²) in [6.07, 6.45) is 8.05. The van der Waals surface area contributed by atoms with Gasteiger partial charge in [-0.05, 0) is 50.4 Å². The molecule has 3 saturated heterocycles.